The Morgan fingerprint density at radius 3 is 2.94 bits per heavy atom. The number of rotatable bonds is 4. The van der Waals surface area contributed by atoms with E-state index >= 15 is 0 Å². The molecule has 0 amide bonds. The van der Waals surface area contributed by atoms with Gasteiger partial charge in [-0.1, -0.05) is 20.8 Å². The fourth-order valence-corrected chi connectivity index (χ4v) is 4.24. The van der Waals surface area contributed by atoms with E-state index in [2.05, 4.69) is 37.4 Å². The monoisotopic (exact) mass is 253 g/mol. The summed E-state index contributed by atoms with van der Waals surface area (Å²) < 4.78 is 1.88. The minimum atomic E-state index is 0.413. The first-order valence-electron chi connectivity index (χ1n) is 6.41. The highest BCUT2D eigenvalue weighted by molar-refractivity contribution is 8.00. The molecule has 1 aliphatic carbocycles. The zero-order valence-electron chi connectivity index (χ0n) is 11.2. The van der Waals surface area contributed by atoms with E-state index in [1.165, 1.54) is 17.7 Å². The highest BCUT2D eigenvalue weighted by atomic mass is 32.2. The van der Waals surface area contributed by atoms with Crippen molar-refractivity contribution in [3.8, 4) is 0 Å². The lowest BCUT2D eigenvalue weighted by molar-refractivity contribution is 0.290. The molecule has 0 aliphatic heterocycles. The van der Waals surface area contributed by atoms with E-state index < -0.39 is 0 Å². The second-order valence-corrected chi connectivity index (χ2v) is 6.88. The number of hydrogen-bond acceptors (Lipinski definition) is 3. The Kier molecular flexibility index (Phi) is 3.83. The molecule has 0 bridgehead atoms. The van der Waals surface area contributed by atoms with Crippen molar-refractivity contribution < 1.29 is 0 Å². The van der Waals surface area contributed by atoms with Crippen LogP contribution in [0.1, 0.15) is 33.6 Å². The molecular weight excluding hydrogens is 230 g/mol. The SMILES string of the molecule is CCNC1C(Sc2cnn(C)c2)CCC1(C)C. The van der Waals surface area contributed by atoms with Crippen molar-refractivity contribution >= 4 is 11.8 Å². The van der Waals surface area contributed by atoms with E-state index in [1.54, 1.807) is 0 Å². The first kappa shape index (κ1) is 13.0. The highest BCUT2D eigenvalue weighted by Crippen LogP contribution is 2.44. The zero-order chi connectivity index (χ0) is 12.5. The molecule has 17 heavy (non-hydrogen) atoms. The fraction of sp³-hybridized carbons (Fsp3) is 0.769. The largest absolute Gasteiger partial charge is 0.313 e. The van der Waals surface area contributed by atoms with Gasteiger partial charge in [-0.05, 0) is 24.8 Å². The van der Waals surface area contributed by atoms with Crippen LogP contribution in [0.3, 0.4) is 0 Å². The molecule has 0 aromatic carbocycles. The summed E-state index contributed by atoms with van der Waals surface area (Å²) in [6.45, 7) is 8.01. The molecule has 1 heterocycles. The van der Waals surface area contributed by atoms with Crippen LogP contribution in [0.2, 0.25) is 0 Å². The lowest BCUT2D eigenvalue weighted by atomic mass is 9.87. The molecule has 1 fully saturated rings. The van der Waals surface area contributed by atoms with Crippen molar-refractivity contribution in [2.24, 2.45) is 12.5 Å². The van der Waals surface area contributed by atoms with E-state index in [-0.39, 0.29) is 0 Å². The van der Waals surface area contributed by atoms with E-state index in [0.29, 0.717) is 16.7 Å². The van der Waals surface area contributed by atoms with Gasteiger partial charge in [-0.2, -0.15) is 5.10 Å². The maximum absolute atomic E-state index is 4.24. The average Bonchev–Trinajstić information content (AvgIpc) is 2.77. The predicted octanol–water partition coefficient (Wildman–Crippen LogP) is 2.68. The topological polar surface area (TPSA) is 29.9 Å². The highest BCUT2D eigenvalue weighted by Gasteiger charge is 2.41. The van der Waals surface area contributed by atoms with Gasteiger partial charge < -0.3 is 5.32 Å². The van der Waals surface area contributed by atoms with Crippen molar-refractivity contribution in [2.75, 3.05) is 6.54 Å². The lowest BCUT2D eigenvalue weighted by Gasteiger charge is -2.31. The van der Waals surface area contributed by atoms with Crippen LogP contribution in [-0.4, -0.2) is 27.6 Å². The van der Waals surface area contributed by atoms with Crippen molar-refractivity contribution in [1.82, 2.24) is 15.1 Å². The van der Waals surface area contributed by atoms with E-state index in [1.807, 2.05) is 29.7 Å². The molecule has 1 N–H and O–H groups in total. The summed E-state index contributed by atoms with van der Waals surface area (Å²) in [4.78, 5) is 1.29. The summed E-state index contributed by atoms with van der Waals surface area (Å²) in [5, 5.41) is 8.58. The molecule has 2 unspecified atom stereocenters. The Hall–Kier alpha value is -0.480. The van der Waals surface area contributed by atoms with Gasteiger partial charge in [0.25, 0.3) is 0 Å². The van der Waals surface area contributed by atoms with E-state index in [4.69, 9.17) is 0 Å². The third kappa shape index (κ3) is 2.86. The van der Waals surface area contributed by atoms with Crippen LogP contribution in [0.5, 0.6) is 0 Å². The Labute approximate surface area is 108 Å². The molecule has 0 spiro atoms. The lowest BCUT2D eigenvalue weighted by Crippen LogP contribution is -2.43. The smallest absolute Gasteiger partial charge is 0.0625 e. The second-order valence-electron chi connectivity index (χ2n) is 5.57. The standard InChI is InChI=1S/C13H23N3S/c1-5-14-12-11(6-7-13(12,2)3)17-10-8-15-16(4)9-10/h8-9,11-12,14H,5-7H2,1-4H3. The van der Waals surface area contributed by atoms with Gasteiger partial charge in [0, 0.05) is 29.4 Å². The van der Waals surface area contributed by atoms with Gasteiger partial charge in [0.1, 0.15) is 0 Å². The van der Waals surface area contributed by atoms with Gasteiger partial charge in [0.2, 0.25) is 0 Å². The van der Waals surface area contributed by atoms with Crippen LogP contribution < -0.4 is 5.32 Å². The number of nitrogens with one attached hydrogen (secondary N) is 1. The Balaban J connectivity index is 2.05. The van der Waals surface area contributed by atoms with Crippen molar-refractivity contribution in [2.45, 2.75) is 49.8 Å². The Bertz CT molecular complexity index is 372. The molecule has 4 heteroatoms. The summed E-state index contributed by atoms with van der Waals surface area (Å²) in [6, 6.07) is 0.609. The molecule has 1 saturated carbocycles. The number of aryl methyl sites for hydroxylation is 1. The average molecular weight is 253 g/mol. The van der Waals surface area contributed by atoms with E-state index in [9.17, 15) is 0 Å². The molecule has 1 aromatic rings. The van der Waals surface area contributed by atoms with Gasteiger partial charge in [-0.3, -0.25) is 4.68 Å². The molecule has 2 atom stereocenters. The van der Waals surface area contributed by atoms with Crippen LogP contribution >= 0.6 is 11.8 Å². The van der Waals surface area contributed by atoms with Crippen LogP contribution in [0.4, 0.5) is 0 Å². The second kappa shape index (κ2) is 5.02. The molecule has 0 saturated heterocycles. The third-order valence-corrected chi connectivity index (χ3v) is 4.97. The van der Waals surface area contributed by atoms with Gasteiger partial charge in [-0.25, -0.2) is 0 Å². The predicted molar refractivity (Wildman–Crippen MR) is 73.3 cm³/mol. The molecule has 0 radical (unpaired) electrons. The van der Waals surface area contributed by atoms with Crippen molar-refractivity contribution in [3.63, 3.8) is 0 Å². The third-order valence-electron chi connectivity index (χ3n) is 3.68. The molecule has 1 aliphatic rings. The number of aromatic nitrogens is 2. The molecular formula is C13H23N3S. The normalized spacial score (nSPS) is 27.5. The first-order valence-corrected chi connectivity index (χ1v) is 7.29. The van der Waals surface area contributed by atoms with Crippen molar-refractivity contribution in [1.29, 1.82) is 0 Å². The molecule has 2 rings (SSSR count). The van der Waals surface area contributed by atoms with Crippen LogP contribution in [0, 0.1) is 5.41 Å². The Morgan fingerprint density at radius 1 is 1.59 bits per heavy atom. The van der Waals surface area contributed by atoms with Gasteiger partial charge in [-0.15, -0.1) is 11.8 Å². The van der Waals surface area contributed by atoms with Crippen LogP contribution in [0.15, 0.2) is 17.3 Å². The van der Waals surface area contributed by atoms with E-state index in [0.717, 1.165) is 6.54 Å². The van der Waals surface area contributed by atoms with Gasteiger partial charge in [0.05, 0.1) is 6.20 Å². The zero-order valence-corrected chi connectivity index (χ0v) is 12.0. The summed E-state index contributed by atoms with van der Waals surface area (Å²) in [5.41, 5.74) is 0.413. The maximum Gasteiger partial charge on any atom is 0.0625 e. The quantitative estimate of drug-likeness (QED) is 0.894. The van der Waals surface area contributed by atoms with Gasteiger partial charge >= 0.3 is 0 Å². The summed E-state index contributed by atoms with van der Waals surface area (Å²) in [7, 11) is 1.98. The van der Waals surface area contributed by atoms with Crippen LogP contribution in [0.25, 0.3) is 0 Å². The molecule has 3 nitrogen and oxygen atoms in total. The number of hydrogen-bond donors (Lipinski definition) is 1. The summed E-state index contributed by atoms with van der Waals surface area (Å²) in [6.07, 6.45) is 6.69. The molecule has 1 aromatic heterocycles. The fourth-order valence-electron chi connectivity index (χ4n) is 2.73. The van der Waals surface area contributed by atoms with Crippen LogP contribution in [-0.2, 0) is 7.05 Å². The summed E-state index contributed by atoms with van der Waals surface area (Å²) >= 11 is 1.98. The van der Waals surface area contributed by atoms with Gasteiger partial charge in [0.15, 0.2) is 0 Å². The maximum atomic E-state index is 4.24. The summed E-state index contributed by atoms with van der Waals surface area (Å²) in [5.74, 6) is 0. The molecule has 96 valence electrons. The van der Waals surface area contributed by atoms with Crippen molar-refractivity contribution in [3.05, 3.63) is 12.4 Å². The number of nitrogens with zero attached hydrogens (tertiary/aromatic N) is 2. The minimum Gasteiger partial charge on any atom is -0.313 e. The first-order chi connectivity index (χ1) is 8.03. The Morgan fingerprint density at radius 2 is 2.35 bits per heavy atom. The number of thioether (sulfide) groups is 1. The minimum absolute atomic E-state index is 0.413.